The van der Waals surface area contributed by atoms with E-state index in [0.717, 1.165) is 5.56 Å². The largest absolute Gasteiger partial charge is 0.508 e. The van der Waals surface area contributed by atoms with Crippen molar-refractivity contribution >= 4 is 34.4 Å². The molecule has 2 unspecified atom stereocenters. The minimum atomic E-state index is -0.524. The summed E-state index contributed by atoms with van der Waals surface area (Å²) < 4.78 is 1.51. The standard InChI is InChI=1S/C33H38ClN7O3/c1-9-26(43)39-14-21(8)40(15-20(39)7)31-24-13-25(34)29(23-12-22(42)11-10-19(23)6)37-32(24)41(33(44)38-31)30-27(17(2)3)35-16-36-28(30)18(4)5/h9-13,16-18,20-21,42H,1,14-15H2,2-8H3. The number of pyridine rings is 1. The van der Waals surface area contributed by atoms with Crippen LogP contribution in [0.15, 0.2) is 48.0 Å². The first-order valence-electron chi connectivity index (χ1n) is 14.8. The molecule has 1 amide bonds. The summed E-state index contributed by atoms with van der Waals surface area (Å²) in [6.07, 6.45) is 2.85. The van der Waals surface area contributed by atoms with Gasteiger partial charge in [0.15, 0.2) is 5.65 Å². The number of piperazine rings is 1. The third-order valence-corrected chi connectivity index (χ3v) is 8.48. The lowest BCUT2D eigenvalue weighted by atomic mass is 10.0. The molecule has 4 heterocycles. The van der Waals surface area contributed by atoms with E-state index in [-0.39, 0.29) is 35.6 Å². The van der Waals surface area contributed by atoms with Gasteiger partial charge in [-0.05, 0) is 62.4 Å². The molecule has 5 rings (SSSR count). The fourth-order valence-corrected chi connectivity index (χ4v) is 6.16. The van der Waals surface area contributed by atoms with Gasteiger partial charge in [-0.3, -0.25) is 4.79 Å². The van der Waals surface area contributed by atoms with Gasteiger partial charge in [0.05, 0.1) is 33.2 Å². The molecule has 4 aromatic rings. The highest BCUT2D eigenvalue weighted by atomic mass is 35.5. The molecular formula is C33H38ClN7O3. The monoisotopic (exact) mass is 615 g/mol. The Labute approximate surface area is 262 Å². The number of amides is 1. The summed E-state index contributed by atoms with van der Waals surface area (Å²) >= 11 is 6.96. The molecule has 44 heavy (non-hydrogen) atoms. The third kappa shape index (κ3) is 5.43. The van der Waals surface area contributed by atoms with Crippen LogP contribution in [0, 0.1) is 6.92 Å². The molecule has 0 bridgehead atoms. The van der Waals surface area contributed by atoms with Gasteiger partial charge >= 0.3 is 5.69 Å². The van der Waals surface area contributed by atoms with Crippen LogP contribution in [0.4, 0.5) is 5.82 Å². The van der Waals surface area contributed by atoms with Gasteiger partial charge in [-0.2, -0.15) is 4.98 Å². The van der Waals surface area contributed by atoms with Gasteiger partial charge < -0.3 is 14.9 Å². The summed E-state index contributed by atoms with van der Waals surface area (Å²) in [5.74, 6) is 0.326. The van der Waals surface area contributed by atoms with Crippen molar-refractivity contribution in [1.82, 2.24) is 29.4 Å². The van der Waals surface area contributed by atoms with Crippen LogP contribution in [-0.2, 0) is 4.79 Å². The van der Waals surface area contributed by atoms with E-state index in [0.29, 0.717) is 63.3 Å². The SMILES string of the molecule is C=CC(=O)N1CC(C)N(c2nc(=O)n(-c3c(C(C)C)ncnc3C(C)C)c3nc(-c4cc(O)ccc4C)c(Cl)cc23)CC1C. The summed E-state index contributed by atoms with van der Waals surface area (Å²) in [4.78, 5) is 49.6. The van der Waals surface area contributed by atoms with E-state index < -0.39 is 5.69 Å². The second-order valence-electron chi connectivity index (χ2n) is 12.1. The maximum absolute atomic E-state index is 14.3. The van der Waals surface area contributed by atoms with Gasteiger partial charge in [-0.25, -0.2) is 24.3 Å². The molecule has 0 spiro atoms. The highest BCUT2D eigenvalue weighted by molar-refractivity contribution is 6.34. The van der Waals surface area contributed by atoms with Crippen LogP contribution < -0.4 is 10.6 Å². The Balaban J connectivity index is 1.87. The number of hydrogen-bond donors (Lipinski definition) is 1. The van der Waals surface area contributed by atoms with Gasteiger partial charge in [-0.1, -0.05) is 51.9 Å². The molecule has 230 valence electrons. The zero-order chi connectivity index (χ0) is 32.0. The first-order chi connectivity index (χ1) is 20.8. The van der Waals surface area contributed by atoms with Gasteiger partial charge in [0, 0.05) is 30.7 Å². The lowest BCUT2D eigenvalue weighted by Gasteiger charge is -2.44. The van der Waals surface area contributed by atoms with Crippen LogP contribution in [0.3, 0.4) is 0 Å². The number of halogens is 1. The Morgan fingerprint density at radius 2 is 1.70 bits per heavy atom. The molecule has 1 aromatic carbocycles. The van der Waals surface area contributed by atoms with Crippen molar-refractivity contribution in [1.29, 1.82) is 0 Å². The van der Waals surface area contributed by atoms with Crippen molar-refractivity contribution in [3.63, 3.8) is 0 Å². The molecule has 1 aliphatic heterocycles. The maximum Gasteiger partial charge on any atom is 0.355 e. The Morgan fingerprint density at radius 1 is 1.05 bits per heavy atom. The lowest BCUT2D eigenvalue weighted by Crippen LogP contribution is -2.58. The number of hydrogen-bond acceptors (Lipinski definition) is 8. The number of rotatable bonds is 6. The predicted molar refractivity (Wildman–Crippen MR) is 174 cm³/mol. The number of aromatic hydroxyl groups is 1. The van der Waals surface area contributed by atoms with E-state index in [1.54, 1.807) is 29.2 Å². The number of aromatic nitrogens is 5. The van der Waals surface area contributed by atoms with Crippen LogP contribution in [-0.4, -0.2) is 65.6 Å². The predicted octanol–water partition coefficient (Wildman–Crippen LogP) is 5.76. The molecule has 0 aliphatic carbocycles. The van der Waals surface area contributed by atoms with Crippen LogP contribution in [0.5, 0.6) is 5.75 Å². The van der Waals surface area contributed by atoms with Crippen LogP contribution in [0.2, 0.25) is 5.02 Å². The van der Waals surface area contributed by atoms with Crippen molar-refractivity contribution in [2.75, 3.05) is 18.0 Å². The van der Waals surface area contributed by atoms with Gasteiger partial charge in [0.2, 0.25) is 5.91 Å². The maximum atomic E-state index is 14.3. The fraction of sp³-hybridized carbons (Fsp3) is 0.394. The van der Waals surface area contributed by atoms with Gasteiger partial charge in [0.25, 0.3) is 0 Å². The number of carbonyl (C=O) groups is 1. The van der Waals surface area contributed by atoms with Crippen molar-refractivity contribution in [2.45, 2.75) is 72.4 Å². The van der Waals surface area contributed by atoms with Crippen LogP contribution in [0.1, 0.15) is 70.3 Å². The summed E-state index contributed by atoms with van der Waals surface area (Å²) in [7, 11) is 0. The van der Waals surface area contributed by atoms with E-state index in [1.165, 1.54) is 17.0 Å². The fourth-order valence-electron chi connectivity index (χ4n) is 5.91. The highest BCUT2D eigenvalue weighted by Crippen LogP contribution is 2.38. The Hall–Kier alpha value is -4.31. The van der Waals surface area contributed by atoms with Crippen molar-refractivity contribution < 1.29 is 9.90 Å². The minimum absolute atomic E-state index is 0.0245. The molecule has 2 atom stereocenters. The summed E-state index contributed by atoms with van der Waals surface area (Å²) in [6.45, 7) is 18.5. The Bertz CT molecular complexity index is 1810. The number of carbonyl (C=O) groups excluding carboxylic acids is 1. The summed E-state index contributed by atoms with van der Waals surface area (Å²) in [5, 5.41) is 11.2. The molecule has 3 aromatic heterocycles. The summed E-state index contributed by atoms with van der Waals surface area (Å²) in [5.41, 5.74) is 3.72. The van der Waals surface area contributed by atoms with Gasteiger partial charge in [-0.15, -0.1) is 0 Å². The zero-order valence-electron chi connectivity index (χ0n) is 26.2. The number of nitrogens with zero attached hydrogens (tertiary/aromatic N) is 7. The molecule has 0 radical (unpaired) electrons. The number of aryl methyl sites for hydroxylation is 1. The molecule has 11 heteroatoms. The van der Waals surface area contributed by atoms with E-state index in [2.05, 4.69) is 21.5 Å². The van der Waals surface area contributed by atoms with E-state index >= 15 is 0 Å². The second-order valence-corrected chi connectivity index (χ2v) is 12.5. The summed E-state index contributed by atoms with van der Waals surface area (Å²) in [6, 6.07) is 6.49. The number of phenols is 1. The molecule has 0 saturated carbocycles. The molecule has 1 N–H and O–H groups in total. The lowest BCUT2D eigenvalue weighted by molar-refractivity contribution is -0.128. The Kier molecular flexibility index (Phi) is 8.49. The smallest absolute Gasteiger partial charge is 0.355 e. The van der Waals surface area contributed by atoms with E-state index in [4.69, 9.17) is 16.6 Å². The van der Waals surface area contributed by atoms with Crippen LogP contribution in [0.25, 0.3) is 28.0 Å². The average molecular weight is 616 g/mol. The Morgan fingerprint density at radius 3 is 2.32 bits per heavy atom. The molecule has 10 nitrogen and oxygen atoms in total. The van der Waals surface area contributed by atoms with Crippen LogP contribution >= 0.6 is 11.6 Å². The third-order valence-electron chi connectivity index (χ3n) is 8.19. The topological polar surface area (TPSA) is 117 Å². The second kappa shape index (κ2) is 12.0. The van der Waals surface area contributed by atoms with Crippen molar-refractivity contribution in [3.8, 4) is 22.7 Å². The normalized spacial score (nSPS) is 17.1. The molecule has 1 saturated heterocycles. The number of phenolic OH excluding ortho intramolecular Hbond substituents is 1. The number of fused-ring (bicyclic) bond motifs is 1. The minimum Gasteiger partial charge on any atom is -0.508 e. The number of benzene rings is 1. The first kappa shape index (κ1) is 31.1. The first-order valence-corrected chi connectivity index (χ1v) is 15.2. The highest BCUT2D eigenvalue weighted by Gasteiger charge is 2.34. The van der Waals surface area contributed by atoms with Crippen molar-refractivity contribution in [3.05, 3.63) is 75.7 Å². The van der Waals surface area contributed by atoms with Gasteiger partial charge in [0.1, 0.15) is 17.9 Å². The average Bonchev–Trinajstić information content (AvgIpc) is 2.98. The molecule has 1 aliphatic rings. The molecule has 1 fully saturated rings. The van der Waals surface area contributed by atoms with E-state index in [1.807, 2.05) is 53.4 Å². The zero-order valence-corrected chi connectivity index (χ0v) is 26.9. The number of anilines is 1. The molecular weight excluding hydrogens is 578 g/mol. The van der Waals surface area contributed by atoms with Crippen molar-refractivity contribution in [2.24, 2.45) is 0 Å². The van der Waals surface area contributed by atoms with E-state index in [9.17, 15) is 14.7 Å². The quantitative estimate of drug-likeness (QED) is 0.272.